The first-order chi connectivity index (χ1) is 20.8. The molecule has 0 atom stereocenters. The van der Waals surface area contributed by atoms with E-state index in [1.165, 1.54) is 0 Å². The highest BCUT2D eigenvalue weighted by molar-refractivity contribution is 6.09. The van der Waals surface area contributed by atoms with Gasteiger partial charge in [-0.15, -0.1) is 0 Å². The van der Waals surface area contributed by atoms with E-state index < -0.39 is 0 Å². The summed E-state index contributed by atoms with van der Waals surface area (Å²) in [5.74, 6) is 0.660. The van der Waals surface area contributed by atoms with Crippen molar-refractivity contribution in [1.82, 2.24) is 9.55 Å². The maximum atomic E-state index is 13.4. The molecule has 0 radical (unpaired) electrons. The highest BCUT2D eigenvalue weighted by Crippen LogP contribution is 2.32. The van der Waals surface area contributed by atoms with E-state index in [1.807, 2.05) is 111 Å². The number of aromatic nitrogens is 2. The normalized spacial score (nSPS) is 12.2. The topological polar surface area (TPSA) is 70.5 Å². The lowest BCUT2D eigenvalue weighted by Crippen LogP contribution is -2.30. The number of hydrogen-bond donors (Lipinski definition) is 1. The zero-order valence-corrected chi connectivity index (χ0v) is 25.0. The average Bonchev–Trinajstić information content (AvgIpc) is 3.59. The van der Waals surface area contributed by atoms with Crippen molar-refractivity contribution in [2.45, 2.75) is 26.7 Å². The Hall–Kier alpha value is -5.17. The van der Waals surface area contributed by atoms with Crippen molar-refractivity contribution >= 4 is 28.9 Å². The molecular formula is C36H35N5O2. The molecule has 3 heterocycles. The van der Waals surface area contributed by atoms with Crippen LogP contribution in [0.5, 0.6) is 0 Å². The molecule has 1 aliphatic rings. The molecule has 0 saturated heterocycles. The van der Waals surface area contributed by atoms with Crippen LogP contribution in [0, 0.1) is 13.8 Å². The summed E-state index contributed by atoms with van der Waals surface area (Å²) in [7, 11) is 4.01. The van der Waals surface area contributed by atoms with Crippen LogP contribution in [0.3, 0.4) is 0 Å². The van der Waals surface area contributed by atoms with Gasteiger partial charge in [0.25, 0.3) is 5.91 Å². The van der Waals surface area contributed by atoms with Crippen molar-refractivity contribution in [3.05, 3.63) is 125 Å². The van der Waals surface area contributed by atoms with Gasteiger partial charge < -0.3 is 19.7 Å². The van der Waals surface area contributed by atoms with Gasteiger partial charge in [0.05, 0.1) is 12.1 Å². The SMILES string of the molecule is Cc1ccc(C)n1-c1cccc(CC(=O)N2CCc3cc(NC(=O)c4ccccc4-c4ccc(N(C)C)cc4)ccc32)n1. The van der Waals surface area contributed by atoms with E-state index in [9.17, 15) is 9.59 Å². The number of aryl methyl sites for hydroxylation is 2. The quantitative estimate of drug-likeness (QED) is 0.240. The molecule has 7 heteroatoms. The predicted octanol–water partition coefficient (Wildman–Crippen LogP) is 6.61. The molecule has 0 fully saturated rings. The minimum atomic E-state index is -0.169. The van der Waals surface area contributed by atoms with Crippen molar-refractivity contribution in [3.63, 3.8) is 0 Å². The summed E-state index contributed by atoms with van der Waals surface area (Å²) in [4.78, 5) is 35.5. The Labute approximate surface area is 252 Å². The zero-order chi connectivity index (χ0) is 30.1. The number of hydrogen-bond acceptors (Lipinski definition) is 4. The summed E-state index contributed by atoms with van der Waals surface area (Å²) in [6.45, 7) is 4.70. The van der Waals surface area contributed by atoms with Gasteiger partial charge >= 0.3 is 0 Å². The molecule has 1 aliphatic heterocycles. The fourth-order valence-electron chi connectivity index (χ4n) is 5.78. The third-order valence-electron chi connectivity index (χ3n) is 8.03. The third kappa shape index (κ3) is 5.66. The van der Waals surface area contributed by atoms with Crippen LogP contribution in [0.15, 0.2) is 97.1 Å². The molecule has 5 aromatic rings. The van der Waals surface area contributed by atoms with Crippen LogP contribution < -0.4 is 15.1 Å². The number of fused-ring (bicyclic) bond motifs is 1. The van der Waals surface area contributed by atoms with Gasteiger partial charge in [-0.05, 0) is 97.6 Å². The van der Waals surface area contributed by atoms with Gasteiger partial charge in [-0.2, -0.15) is 0 Å². The number of anilines is 3. The molecule has 0 spiro atoms. The maximum Gasteiger partial charge on any atom is 0.256 e. The summed E-state index contributed by atoms with van der Waals surface area (Å²) < 4.78 is 2.09. The Balaban J connectivity index is 1.16. The zero-order valence-electron chi connectivity index (χ0n) is 25.0. The summed E-state index contributed by atoms with van der Waals surface area (Å²) in [5.41, 5.74) is 9.16. The van der Waals surface area contributed by atoms with Crippen LogP contribution >= 0.6 is 0 Å². The van der Waals surface area contributed by atoms with Crippen LogP contribution in [-0.4, -0.2) is 42.0 Å². The van der Waals surface area contributed by atoms with E-state index in [-0.39, 0.29) is 18.2 Å². The minimum absolute atomic E-state index is 0.00958. The number of amides is 2. The second-order valence-corrected chi connectivity index (χ2v) is 11.2. The van der Waals surface area contributed by atoms with Crippen molar-refractivity contribution in [3.8, 4) is 16.9 Å². The van der Waals surface area contributed by atoms with E-state index in [0.29, 0.717) is 17.8 Å². The molecule has 2 amide bonds. The monoisotopic (exact) mass is 569 g/mol. The summed E-state index contributed by atoms with van der Waals surface area (Å²) in [6.07, 6.45) is 0.951. The second kappa shape index (κ2) is 11.6. The molecule has 0 aliphatic carbocycles. The fourth-order valence-corrected chi connectivity index (χ4v) is 5.78. The molecule has 43 heavy (non-hydrogen) atoms. The van der Waals surface area contributed by atoms with Gasteiger partial charge in [0, 0.05) is 54.7 Å². The van der Waals surface area contributed by atoms with E-state index in [4.69, 9.17) is 4.98 Å². The molecule has 7 nitrogen and oxygen atoms in total. The van der Waals surface area contributed by atoms with Crippen molar-refractivity contribution in [2.75, 3.05) is 35.8 Å². The van der Waals surface area contributed by atoms with Crippen LogP contribution in [0.2, 0.25) is 0 Å². The standard InChI is InChI=1S/C36H35N5O2/c1-24-12-13-25(2)41(24)34-11-7-8-28(37-34)23-35(42)40-21-20-27-22-29(16-19-33(27)40)38-36(43)32-10-6-5-9-31(32)26-14-17-30(18-15-26)39(3)4/h5-19,22H,20-21,23H2,1-4H3,(H,38,43). The number of carbonyl (C=O) groups excluding carboxylic acids is 2. The summed E-state index contributed by atoms with van der Waals surface area (Å²) in [6, 6.07) is 31.5. The van der Waals surface area contributed by atoms with Crippen LogP contribution in [0.1, 0.15) is 33.0 Å². The number of benzene rings is 3. The number of rotatable bonds is 7. The first-order valence-electron chi connectivity index (χ1n) is 14.5. The van der Waals surface area contributed by atoms with Crippen molar-refractivity contribution in [1.29, 1.82) is 0 Å². The van der Waals surface area contributed by atoms with Gasteiger partial charge in [-0.3, -0.25) is 9.59 Å². The lowest BCUT2D eigenvalue weighted by atomic mass is 9.98. The largest absolute Gasteiger partial charge is 0.378 e. The number of pyridine rings is 1. The molecule has 2 aromatic heterocycles. The van der Waals surface area contributed by atoms with Gasteiger partial charge in [0.2, 0.25) is 5.91 Å². The Morgan fingerprint density at radius 1 is 0.860 bits per heavy atom. The molecule has 6 rings (SSSR count). The Morgan fingerprint density at radius 3 is 2.35 bits per heavy atom. The molecule has 1 N–H and O–H groups in total. The lowest BCUT2D eigenvalue weighted by molar-refractivity contribution is -0.117. The van der Waals surface area contributed by atoms with Crippen LogP contribution in [0.25, 0.3) is 16.9 Å². The number of carbonyl (C=O) groups is 2. The second-order valence-electron chi connectivity index (χ2n) is 11.2. The average molecular weight is 570 g/mol. The third-order valence-corrected chi connectivity index (χ3v) is 8.03. The molecule has 0 unspecified atom stereocenters. The van der Waals surface area contributed by atoms with E-state index in [2.05, 4.69) is 34.1 Å². The van der Waals surface area contributed by atoms with Crippen LogP contribution in [-0.2, 0) is 17.6 Å². The first-order valence-corrected chi connectivity index (χ1v) is 14.5. The Morgan fingerprint density at radius 2 is 1.60 bits per heavy atom. The predicted molar refractivity (Wildman–Crippen MR) is 173 cm³/mol. The van der Waals surface area contributed by atoms with Gasteiger partial charge in [-0.1, -0.05) is 36.4 Å². The minimum Gasteiger partial charge on any atom is -0.378 e. The van der Waals surface area contributed by atoms with Gasteiger partial charge in [-0.25, -0.2) is 4.98 Å². The highest BCUT2D eigenvalue weighted by atomic mass is 16.2. The number of nitrogens with one attached hydrogen (secondary N) is 1. The van der Waals surface area contributed by atoms with E-state index in [0.717, 1.165) is 57.4 Å². The highest BCUT2D eigenvalue weighted by Gasteiger charge is 2.26. The van der Waals surface area contributed by atoms with Gasteiger partial charge in [0.15, 0.2) is 0 Å². The summed E-state index contributed by atoms with van der Waals surface area (Å²) >= 11 is 0. The fraction of sp³-hybridized carbons (Fsp3) is 0.194. The van der Waals surface area contributed by atoms with Gasteiger partial charge in [0.1, 0.15) is 5.82 Å². The molecule has 0 bridgehead atoms. The maximum absolute atomic E-state index is 13.4. The molecule has 0 saturated carbocycles. The van der Waals surface area contributed by atoms with Crippen LogP contribution in [0.4, 0.5) is 17.1 Å². The van der Waals surface area contributed by atoms with Crippen molar-refractivity contribution in [2.24, 2.45) is 0 Å². The summed E-state index contributed by atoms with van der Waals surface area (Å²) in [5, 5.41) is 3.08. The Bertz CT molecular complexity index is 1800. The van der Waals surface area contributed by atoms with Crippen molar-refractivity contribution < 1.29 is 9.59 Å². The van der Waals surface area contributed by atoms with E-state index >= 15 is 0 Å². The molecule has 3 aromatic carbocycles. The first kappa shape index (κ1) is 28.0. The molecule has 216 valence electrons. The lowest BCUT2D eigenvalue weighted by Gasteiger charge is -2.18. The molecular weight excluding hydrogens is 534 g/mol. The van der Waals surface area contributed by atoms with E-state index in [1.54, 1.807) is 0 Å². The number of nitrogens with zero attached hydrogens (tertiary/aromatic N) is 4. The Kier molecular flexibility index (Phi) is 7.55. The smallest absolute Gasteiger partial charge is 0.256 e.